The summed E-state index contributed by atoms with van der Waals surface area (Å²) in [7, 11) is 0. The molecule has 1 fully saturated rings. The number of alkyl halides is 3. The molecule has 2 heterocycles. The Balaban J connectivity index is 1.91. The Kier molecular flexibility index (Phi) is 6.97. The molecular weight excluding hydrogens is 488 g/mol. The van der Waals surface area contributed by atoms with Gasteiger partial charge in [-0.2, -0.15) is 13.2 Å². The van der Waals surface area contributed by atoms with E-state index in [0.29, 0.717) is 60.8 Å². The molecule has 0 bridgehead atoms. The number of hydrogen-bond acceptors (Lipinski definition) is 5. The molecule has 0 amide bonds. The maximum Gasteiger partial charge on any atom is 0.491 e. The number of ether oxygens (including phenoxy) is 1. The van der Waals surface area contributed by atoms with Gasteiger partial charge in [0.25, 0.3) is 0 Å². The number of imidazole rings is 1. The lowest BCUT2D eigenvalue weighted by molar-refractivity contribution is -0.189. The highest BCUT2D eigenvalue weighted by atomic mass is 35.5. The van der Waals surface area contributed by atoms with E-state index in [0.717, 1.165) is 5.56 Å². The molecule has 4 rings (SSSR count). The molecule has 2 aromatic carbocycles. The number of benzene rings is 2. The van der Waals surface area contributed by atoms with Crippen LogP contribution in [0.1, 0.15) is 29.2 Å². The van der Waals surface area contributed by atoms with E-state index in [4.69, 9.17) is 16.3 Å². The zero-order chi connectivity index (χ0) is 25.5. The molecule has 0 atom stereocenters. The molecule has 0 aliphatic carbocycles. The summed E-state index contributed by atoms with van der Waals surface area (Å²) in [4.78, 5) is 18.4. The van der Waals surface area contributed by atoms with E-state index in [-0.39, 0.29) is 22.8 Å². The van der Waals surface area contributed by atoms with E-state index >= 15 is 0 Å². The maximum atomic E-state index is 14.3. The smallest absolute Gasteiger partial charge is 0.417 e. The number of anilines is 1. The topological polar surface area (TPSA) is 59.4 Å². The number of piperazine rings is 1. The van der Waals surface area contributed by atoms with E-state index in [1.165, 1.54) is 6.07 Å². The van der Waals surface area contributed by atoms with E-state index < -0.39 is 18.0 Å². The van der Waals surface area contributed by atoms with Gasteiger partial charge in [-0.05, 0) is 54.7 Å². The van der Waals surface area contributed by atoms with Crippen molar-refractivity contribution in [1.82, 2.24) is 14.9 Å². The van der Waals surface area contributed by atoms with Crippen molar-refractivity contribution in [3.63, 3.8) is 0 Å². The van der Waals surface area contributed by atoms with Gasteiger partial charge in [-0.25, -0.2) is 14.2 Å². The van der Waals surface area contributed by atoms with Crippen LogP contribution < -0.4 is 15.0 Å². The predicted octanol–water partition coefficient (Wildman–Crippen LogP) is 4.93. The van der Waals surface area contributed by atoms with E-state index in [1.54, 1.807) is 26.0 Å². The Morgan fingerprint density at radius 3 is 2.51 bits per heavy atom. The van der Waals surface area contributed by atoms with Crippen LogP contribution >= 0.6 is 11.6 Å². The molecule has 0 saturated carbocycles. The van der Waals surface area contributed by atoms with Gasteiger partial charge in [0.2, 0.25) is 5.95 Å². The summed E-state index contributed by atoms with van der Waals surface area (Å²) in [5, 5.41) is 3.26. The fourth-order valence-corrected chi connectivity index (χ4v) is 4.48. The zero-order valence-corrected chi connectivity index (χ0v) is 20.3. The van der Waals surface area contributed by atoms with Crippen LogP contribution in [-0.2, 0) is 17.8 Å². The first kappa shape index (κ1) is 25.2. The number of hydrogen-bond donors (Lipinski definition) is 1. The van der Waals surface area contributed by atoms with Crippen LogP contribution in [0, 0.1) is 19.7 Å². The summed E-state index contributed by atoms with van der Waals surface area (Å²) < 4.78 is 60.1. The van der Waals surface area contributed by atoms with E-state index in [1.807, 2.05) is 16.4 Å². The molecule has 0 unspecified atom stereocenters. The molecule has 35 heavy (non-hydrogen) atoms. The molecule has 1 saturated heterocycles. The number of fused-ring (bicyclic) bond motifs is 1. The number of esters is 1. The standard InChI is InChI=1S/C24H25ClF4N4O2/c1-4-16-10-15(11-17(25)19(16)26)12-33-18-9-13(2)14(3)21(35-22(34)24(27,28)29)20(18)31-23(33)32-7-5-30-6-8-32/h9-11,30H,4-8,12H2,1-3H3. The van der Waals surface area contributed by atoms with Crippen molar-refractivity contribution in [3.05, 3.63) is 51.3 Å². The van der Waals surface area contributed by atoms with E-state index in [2.05, 4.69) is 10.3 Å². The number of rotatable bonds is 5. The van der Waals surface area contributed by atoms with Crippen molar-refractivity contribution in [2.75, 3.05) is 31.1 Å². The summed E-state index contributed by atoms with van der Waals surface area (Å²) in [6.45, 7) is 8.06. The minimum Gasteiger partial charge on any atom is -0.417 e. The SMILES string of the molecule is CCc1cc(Cn2c(N3CCNCC3)nc3c(OC(=O)C(F)(F)F)c(C)c(C)cc32)cc(Cl)c1F. The van der Waals surface area contributed by atoms with Crippen molar-refractivity contribution in [2.24, 2.45) is 0 Å². The lowest BCUT2D eigenvalue weighted by Crippen LogP contribution is -2.44. The Bertz CT molecular complexity index is 1280. The van der Waals surface area contributed by atoms with Crippen LogP contribution in [-0.4, -0.2) is 47.9 Å². The fourth-order valence-electron chi connectivity index (χ4n) is 4.21. The summed E-state index contributed by atoms with van der Waals surface area (Å²) in [5.41, 5.74) is 2.88. The molecule has 0 radical (unpaired) electrons. The van der Waals surface area contributed by atoms with Gasteiger partial charge in [0.05, 0.1) is 17.1 Å². The molecule has 11 heteroatoms. The number of carbonyl (C=O) groups excluding carboxylic acids is 1. The van der Waals surface area contributed by atoms with Gasteiger partial charge in [0, 0.05) is 26.2 Å². The lowest BCUT2D eigenvalue weighted by atomic mass is 10.1. The highest BCUT2D eigenvalue weighted by molar-refractivity contribution is 6.30. The minimum atomic E-state index is -5.14. The third-order valence-corrected chi connectivity index (χ3v) is 6.47. The Morgan fingerprint density at radius 2 is 1.89 bits per heavy atom. The van der Waals surface area contributed by atoms with Crippen LogP contribution in [0.5, 0.6) is 5.75 Å². The average Bonchev–Trinajstić information content (AvgIpc) is 3.16. The van der Waals surface area contributed by atoms with Crippen molar-refractivity contribution in [3.8, 4) is 5.75 Å². The van der Waals surface area contributed by atoms with Gasteiger partial charge >= 0.3 is 12.1 Å². The van der Waals surface area contributed by atoms with Gasteiger partial charge in [-0.3, -0.25) is 0 Å². The van der Waals surface area contributed by atoms with Crippen molar-refractivity contribution < 1.29 is 27.1 Å². The molecule has 0 spiro atoms. The zero-order valence-electron chi connectivity index (χ0n) is 19.5. The summed E-state index contributed by atoms with van der Waals surface area (Å²) in [6, 6.07) is 5.06. The molecule has 1 N–H and O–H groups in total. The minimum absolute atomic E-state index is 0.000635. The quantitative estimate of drug-likeness (QED) is 0.298. The molecule has 188 valence electrons. The van der Waals surface area contributed by atoms with Crippen molar-refractivity contribution in [1.29, 1.82) is 0 Å². The van der Waals surface area contributed by atoms with Gasteiger partial charge < -0.3 is 19.5 Å². The first-order valence-electron chi connectivity index (χ1n) is 11.2. The number of aromatic nitrogens is 2. The van der Waals surface area contributed by atoms with Crippen LogP contribution in [0.2, 0.25) is 5.02 Å². The second-order valence-corrected chi connectivity index (χ2v) is 8.95. The Labute approximate surface area is 204 Å². The molecule has 3 aromatic rings. The largest absolute Gasteiger partial charge is 0.491 e. The van der Waals surface area contributed by atoms with Crippen LogP contribution in [0.25, 0.3) is 11.0 Å². The number of halogens is 5. The van der Waals surface area contributed by atoms with Crippen molar-refractivity contribution >= 4 is 34.6 Å². The number of aryl methyl sites for hydroxylation is 2. The third-order valence-electron chi connectivity index (χ3n) is 6.20. The van der Waals surface area contributed by atoms with Crippen LogP contribution in [0.15, 0.2) is 18.2 Å². The molecule has 1 aliphatic rings. The predicted molar refractivity (Wildman–Crippen MR) is 126 cm³/mol. The second kappa shape index (κ2) is 9.66. The summed E-state index contributed by atoms with van der Waals surface area (Å²) in [6.07, 6.45) is -4.70. The normalized spacial score (nSPS) is 14.6. The van der Waals surface area contributed by atoms with Gasteiger partial charge in [-0.15, -0.1) is 0 Å². The fraction of sp³-hybridized carbons (Fsp3) is 0.417. The number of nitrogens with zero attached hydrogens (tertiary/aromatic N) is 3. The maximum absolute atomic E-state index is 14.3. The number of carbonyl (C=O) groups is 1. The van der Waals surface area contributed by atoms with Gasteiger partial charge in [0.1, 0.15) is 11.3 Å². The Morgan fingerprint density at radius 1 is 1.20 bits per heavy atom. The summed E-state index contributed by atoms with van der Waals surface area (Å²) in [5.74, 6) is -2.47. The van der Waals surface area contributed by atoms with Crippen LogP contribution in [0.4, 0.5) is 23.5 Å². The highest BCUT2D eigenvalue weighted by Crippen LogP contribution is 2.37. The van der Waals surface area contributed by atoms with Crippen molar-refractivity contribution in [2.45, 2.75) is 39.9 Å². The average molecular weight is 513 g/mol. The van der Waals surface area contributed by atoms with E-state index in [9.17, 15) is 22.4 Å². The van der Waals surface area contributed by atoms with Gasteiger partial charge in [-0.1, -0.05) is 24.6 Å². The van der Waals surface area contributed by atoms with Gasteiger partial charge in [0.15, 0.2) is 5.75 Å². The van der Waals surface area contributed by atoms with Crippen LogP contribution in [0.3, 0.4) is 0 Å². The second-order valence-electron chi connectivity index (χ2n) is 8.54. The number of nitrogens with one attached hydrogen (secondary N) is 1. The first-order chi connectivity index (χ1) is 16.5. The molecule has 1 aromatic heterocycles. The first-order valence-corrected chi connectivity index (χ1v) is 11.6. The molecular formula is C24H25ClF4N4O2. The molecule has 6 nitrogen and oxygen atoms in total. The Hall–Kier alpha value is -2.85. The lowest BCUT2D eigenvalue weighted by Gasteiger charge is -2.29. The third kappa shape index (κ3) is 4.95. The molecule has 1 aliphatic heterocycles. The monoisotopic (exact) mass is 512 g/mol. The highest BCUT2D eigenvalue weighted by Gasteiger charge is 2.42. The summed E-state index contributed by atoms with van der Waals surface area (Å²) >= 11 is 6.13.